The monoisotopic (exact) mass is 447 g/mol. The quantitative estimate of drug-likeness (QED) is 0.305. The van der Waals surface area contributed by atoms with E-state index in [0.717, 1.165) is 40.0 Å². The number of benzene rings is 2. The molecule has 33 heavy (non-hydrogen) atoms. The summed E-state index contributed by atoms with van der Waals surface area (Å²) in [5.74, 6) is -0.351. The molecule has 7 rings (SSSR count). The topological polar surface area (TPSA) is 63.2 Å². The highest BCUT2D eigenvalue weighted by atomic mass is 32.1. The second-order valence-electron chi connectivity index (χ2n) is 8.56. The average molecular weight is 448 g/mol. The van der Waals surface area contributed by atoms with Gasteiger partial charge in [-0.25, -0.2) is 9.97 Å². The Morgan fingerprint density at radius 3 is 2.30 bits per heavy atom. The van der Waals surface area contributed by atoms with E-state index in [1.807, 2.05) is 30.3 Å². The van der Waals surface area contributed by atoms with Crippen molar-refractivity contribution in [3.63, 3.8) is 0 Å². The van der Waals surface area contributed by atoms with E-state index < -0.39 is 0 Å². The molecule has 2 aromatic heterocycles. The molecule has 0 N–H and O–H groups in total. The maximum Gasteiger partial charge on any atom is 0.197 e. The summed E-state index contributed by atoms with van der Waals surface area (Å²) >= 11 is 1.72. The smallest absolute Gasteiger partial charge is 0.197 e. The summed E-state index contributed by atoms with van der Waals surface area (Å²) in [6.45, 7) is 1.64. The van der Waals surface area contributed by atoms with Gasteiger partial charge < -0.3 is 4.90 Å². The Bertz CT molecular complexity index is 1600. The predicted octanol–water partition coefficient (Wildman–Crippen LogP) is 5.38. The van der Waals surface area contributed by atoms with E-state index in [0.29, 0.717) is 17.5 Å². The normalized spacial score (nSPS) is 17.1. The van der Waals surface area contributed by atoms with Gasteiger partial charge in [0.05, 0.1) is 23.2 Å². The summed E-state index contributed by atoms with van der Waals surface area (Å²) in [5, 5.41) is 0. The van der Waals surface area contributed by atoms with Crippen LogP contribution in [0.4, 0.5) is 0 Å². The van der Waals surface area contributed by atoms with Gasteiger partial charge in [-0.05, 0) is 29.9 Å². The number of para-hydroxylation sites is 2. The first kappa shape index (κ1) is 18.7. The Morgan fingerprint density at radius 2 is 1.55 bits per heavy atom. The third-order valence-electron chi connectivity index (χ3n) is 6.58. The van der Waals surface area contributed by atoms with Gasteiger partial charge in [-0.3, -0.25) is 9.59 Å². The van der Waals surface area contributed by atoms with Crippen molar-refractivity contribution in [1.29, 1.82) is 0 Å². The van der Waals surface area contributed by atoms with Crippen molar-refractivity contribution in [1.82, 2.24) is 14.9 Å². The summed E-state index contributed by atoms with van der Waals surface area (Å²) < 4.78 is 0. The molecule has 5 nitrogen and oxygen atoms in total. The van der Waals surface area contributed by atoms with Crippen LogP contribution in [0.2, 0.25) is 0 Å². The lowest BCUT2D eigenvalue weighted by atomic mass is 10.1. The van der Waals surface area contributed by atoms with Crippen molar-refractivity contribution >= 4 is 44.3 Å². The molecule has 0 spiro atoms. The molecule has 2 aliphatic carbocycles. The van der Waals surface area contributed by atoms with E-state index >= 15 is 0 Å². The van der Waals surface area contributed by atoms with Gasteiger partial charge in [0.1, 0.15) is 10.3 Å². The number of hydrogen-bond acceptors (Lipinski definition) is 6. The fourth-order valence-electron chi connectivity index (χ4n) is 4.91. The zero-order valence-electron chi connectivity index (χ0n) is 17.5. The average Bonchev–Trinajstić information content (AvgIpc) is 3.58. The van der Waals surface area contributed by atoms with Crippen molar-refractivity contribution in [2.75, 3.05) is 0 Å². The Morgan fingerprint density at radius 1 is 0.848 bits per heavy atom. The van der Waals surface area contributed by atoms with Crippen LogP contribution in [0.1, 0.15) is 37.6 Å². The lowest BCUT2D eigenvalue weighted by molar-refractivity contribution is 0.0988. The molecule has 0 saturated carbocycles. The van der Waals surface area contributed by atoms with Gasteiger partial charge in [0.15, 0.2) is 11.6 Å². The minimum absolute atomic E-state index is 0.175. The first-order chi connectivity index (χ1) is 16.2. The molecule has 3 heterocycles. The van der Waals surface area contributed by atoms with E-state index in [1.165, 1.54) is 16.1 Å². The van der Waals surface area contributed by atoms with Crippen molar-refractivity contribution < 1.29 is 9.59 Å². The summed E-state index contributed by atoms with van der Waals surface area (Å²) in [6, 6.07) is 15.0. The second-order valence-corrected chi connectivity index (χ2v) is 9.65. The molecule has 158 valence electrons. The molecular weight excluding hydrogens is 430 g/mol. The Labute approximate surface area is 193 Å². The van der Waals surface area contributed by atoms with Gasteiger partial charge in [0.25, 0.3) is 0 Å². The van der Waals surface area contributed by atoms with Crippen LogP contribution in [0.25, 0.3) is 21.4 Å². The van der Waals surface area contributed by atoms with Crippen molar-refractivity contribution in [3.05, 3.63) is 105 Å². The number of allylic oxidation sites excluding steroid dienone is 5. The first-order valence-corrected chi connectivity index (χ1v) is 11.7. The van der Waals surface area contributed by atoms with Crippen LogP contribution in [0.3, 0.4) is 0 Å². The molecule has 0 saturated heterocycles. The number of rotatable bonds is 2. The largest absolute Gasteiger partial charge is 0.365 e. The Kier molecular flexibility index (Phi) is 3.84. The molecule has 0 fully saturated rings. The minimum Gasteiger partial charge on any atom is -0.365 e. The van der Waals surface area contributed by atoms with E-state index in [9.17, 15) is 9.59 Å². The molecule has 0 amide bonds. The number of hydrogen-bond donors (Lipinski definition) is 0. The zero-order valence-corrected chi connectivity index (χ0v) is 18.4. The van der Waals surface area contributed by atoms with Crippen LogP contribution in [-0.4, -0.2) is 26.4 Å². The highest BCUT2D eigenvalue weighted by Crippen LogP contribution is 2.40. The lowest BCUT2D eigenvalue weighted by Gasteiger charge is -2.19. The number of nitrogens with zero attached hydrogens (tertiary/aromatic N) is 3. The number of ketones is 2. The summed E-state index contributed by atoms with van der Waals surface area (Å²) in [6.07, 6.45) is 6.60. The molecule has 3 aliphatic rings. The van der Waals surface area contributed by atoms with Gasteiger partial charge in [-0.2, -0.15) is 0 Å². The van der Waals surface area contributed by atoms with E-state index in [-0.39, 0.29) is 17.1 Å². The zero-order chi connectivity index (χ0) is 22.1. The minimum atomic E-state index is -0.175. The molecule has 0 radical (unpaired) electrons. The van der Waals surface area contributed by atoms with Crippen LogP contribution in [0.15, 0.2) is 83.6 Å². The third-order valence-corrected chi connectivity index (χ3v) is 7.68. The molecule has 0 atom stereocenters. The fraction of sp³-hybridized carbons (Fsp3) is 0.111. The number of Topliss-reactive ketones (excluding diaryl/α,β-unsaturated/α-hetero) is 2. The molecule has 6 heteroatoms. The molecule has 2 aromatic carbocycles. The number of aromatic nitrogens is 2. The molecule has 0 unspecified atom stereocenters. The van der Waals surface area contributed by atoms with Gasteiger partial charge in [0.2, 0.25) is 0 Å². The number of fused-ring (bicyclic) bond motifs is 5. The Hall–Kier alpha value is -3.90. The molecule has 1 aliphatic heterocycles. The lowest BCUT2D eigenvalue weighted by Crippen LogP contribution is -2.15. The summed E-state index contributed by atoms with van der Waals surface area (Å²) in [5.41, 5.74) is 7.58. The first-order valence-electron chi connectivity index (χ1n) is 10.9. The molecule has 0 bridgehead atoms. The Balaban J connectivity index is 1.12. The summed E-state index contributed by atoms with van der Waals surface area (Å²) in [7, 11) is 0. The number of thiophene rings is 1. The standard InChI is InChI=1S/C27H17N3O2S/c31-25-17-5-1-2-6-18(17)26(32)19(25)12-15-9-10-16(11-15)30-13-20-23(14-30)33-27-24(20)28-21-7-3-4-8-22(21)29-27/h1-10,12H,11,13-14H2. The highest BCUT2D eigenvalue weighted by Gasteiger charge is 2.33. The van der Waals surface area contributed by atoms with E-state index in [1.54, 1.807) is 41.7 Å². The van der Waals surface area contributed by atoms with Gasteiger partial charge in [-0.1, -0.05) is 42.5 Å². The molecular formula is C27H17N3O2S. The van der Waals surface area contributed by atoms with Crippen LogP contribution in [0.5, 0.6) is 0 Å². The van der Waals surface area contributed by atoms with Gasteiger partial charge in [0, 0.05) is 40.2 Å². The predicted molar refractivity (Wildman–Crippen MR) is 128 cm³/mol. The van der Waals surface area contributed by atoms with E-state index in [2.05, 4.69) is 11.0 Å². The fourth-order valence-corrected chi connectivity index (χ4v) is 6.06. The maximum absolute atomic E-state index is 12.7. The number of carbonyl (C=O) groups is 2. The van der Waals surface area contributed by atoms with Gasteiger partial charge >= 0.3 is 0 Å². The van der Waals surface area contributed by atoms with Gasteiger partial charge in [-0.15, -0.1) is 11.3 Å². The van der Waals surface area contributed by atoms with Crippen LogP contribution in [-0.2, 0) is 13.1 Å². The second kappa shape index (κ2) is 6.80. The van der Waals surface area contributed by atoms with Crippen LogP contribution in [0, 0.1) is 0 Å². The van der Waals surface area contributed by atoms with Crippen LogP contribution < -0.4 is 0 Å². The third kappa shape index (κ3) is 2.77. The van der Waals surface area contributed by atoms with Crippen LogP contribution >= 0.6 is 11.3 Å². The SMILES string of the molecule is O=C1C(=CC2=CC=C(N3Cc4sc5nc6ccccc6nc5c4C3)C2)C(=O)c2ccccc21. The van der Waals surface area contributed by atoms with Crippen molar-refractivity contribution in [2.24, 2.45) is 0 Å². The molecule has 4 aromatic rings. The number of carbonyl (C=O) groups excluding carboxylic acids is 2. The van der Waals surface area contributed by atoms with Crippen molar-refractivity contribution in [3.8, 4) is 0 Å². The van der Waals surface area contributed by atoms with Crippen molar-refractivity contribution in [2.45, 2.75) is 19.5 Å². The van der Waals surface area contributed by atoms with E-state index in [4.69, 9.17) is 9.97 Å². The maximum atomic E-state index is 12.7. The highest BCUT2D eigenvalue weighted by molar-refractivity contribution is 7.18. The summed E-state index contributed by atoms with van der Waals surface area (Å²) in [4.78, 5) is 39.8.